The average molecular weight is 183 g/mol. The van der Waals surface area contributed by atoms with Gasteiger partial charge in [0.05, 0.1) is 11.3 Å². The van der Waals surface area contributed by atoms with Crippen molar-refractivity contribution < 1.29 is 9.59 Å². The summed E-state index contributed by atoms with van der Waals surface area (Å²) in [6.07, 6.45) is 0.761. The van der Waals surface area contributed by atoms with Crippen LogP contribution in [0.1, 0.15) is 22.2 Å². The van der Waals surface area contributed by atoms with Gasteiger partial charge < -0.3 is 5.32 Å². The standard InChI is InChI=1S/C8H9NO2S/c1-5-7(3-10)8(4-12-5)9-6(2)11/h3-4H,1-2H3,(H,9,11). The van der Waals surface area contributed by atoms with Crippen LogP contribution < -0.4 is 5.32 Å². The third-order valence-corrected chi connectivity index (χ3v) is 2.38. The molecule has 64 valence electrons. The first-order valence-electron chi connectivity index (χ1n) is 3.46. The fourth-order valence-corrected chi connectivity index (χ4v) is 1.66. The van der Waals surface area contributed by atoms with E-state index in [-0.39, 0.29) is 5.91 Å². The number of amides is 1. The van der Waals surface area contributed by atoms with E-state index in [2.05, 4.69) is 5.32 Å². The zero-order valence-electron chi connectivity index (χ0n) is 6.88. The van der Waals surface area contributed by atoms with E-state index in [4.69, 9.17) is 0 Å². The molecule has 0 aliphatic heterocycles. The first-order chi connectivity index (χ1) is 5.65. The lowest BCUT2D eigenvalue weighted by atomic mass is 10.2. The molecule has 0 aliphatic carbocycles. The van der Waals surface area contributed by atoms with Gasteiger partial charge in [0.15, 0.2) is 6.29 Å². The molecule has 0 atom stereocenters. The summed E-state index contributed by atoms with van der Waals surface area (Å²) in [5.41, 5.74) is 1.19. The number of aldehydes is 1. The van der Waals surface area contributed by atoms with Gasteiger partial charge >= 0.3 is 0 Å². The van der Waals surface area contributed by atoms with Crippen LogP contribution in [0, 0.1) is 6.92 Å². The van der Waals surface area contributed by atoms with Crippen molar-refractivity contribution in [3.63, 3.8) is 0 Å². The molecular weight excluding hydrogens is 174 g/mol. The molecule has 1 N–H and O–H groups in total. The minimum Gasteiger partial charge on any atom is -0.325 e. The lowest BCUT2D eigenvalue weighted by Crippen LogP contribution is -2.06. The van der Waals surface area contributed by atoms with Crippen molar-refractivity contribution in [3.05, 3.63) is 15.8 Å². The Bertz CT molecular complexity index is 317. The number of carbonyl (C=O) groups is 2. The van der Waals surface area contributed by atoms with Crippen molar-refractivity contribution in [2.75, 3.05) is 5.32 Å². The Hall–Kier alpha value is -1.16. The van der Waals surface area contributed by atoms with Crippen molar-refractivity contribution in [2.45, 2.75) is 13.8 Å². The van der Waals surface area contributed by atoms with E-state index in [9.17, 15) is 9.59 Å². The fourth-order valence-electron chi connectivity index (χ4n) is 0.897. The summed E-state index contributed by atoms with van der Waals surface area (Å²) in [6.45, 7) is 3.27. The molecule has 1 aromatic heterocycles. The highest BCUT2D eigenvalue weighted by atomic mass is 32.1. The molecule has 0 spiro atoms. The number of thiophene rings is 1. The van der Waals surface area contributed by atoms with Crippen molar-refractivity contribution in [1.29, 1.82) is 0 Å². The summed E-state index contributed by atoms with van der Waals surface area (Å²) < 4.78 is 0. The number of rotatable bonds is 2. The molecule has 0 saturated heterocycles. The van der Waals surface area contributed by atoms with Crippen LogP contribution in [0.25, 0.3) is 0 Å². The molecule has 0 saturated carbocycles. The van der Waals surface area contributed by atoms with E-state index in [1.54, 1.807) is 5.38 Å². The van der Waals surface area contributed by atoms with E-state index in [0.717, 1.165) is 11.2 Å². The number of carbonyl (C=O) groups excluding carboxylic acids is 2. The lowest BCUT2D eigenvalue weighted by molar-refractivity contribution is -0.114. The molecule has 4 heteroatoms. The van der Waals surface area contributed by atoms with Gasteiger partial charge in [-0.1, -0.05) is 0 Å². The highest BCUT2D eigenvalue weighted by molar-refractivity contribution is 7.10. The van der Waals surface area contributed by atoms with Crippen LogP contribution in [-0.2, 0) is 4.79 Å². The molecular formula is C8H9NO2S. The van der Waals surface area contributed by atoms with Crippen LogP contribution in [0.4, 0.5) is 5.69 Å². The molecule has 3 nitrogen and oxygen atoms in total. The van der Waals surface area contributed by atoms with Gasteiger partial charge in [0.2, 0.25) is 5.91 Å². The van der Waals surface area contributed by atoms with Crippen molar-refractivity contribution in [1.82, 2.24) is 0 Å². The Morgan fingerprint density at radius 1 is 1.67 bits per heavy atom. The Labute approximate surface area is 74.4 Å². The maximum atomic E-state index is 10.7. The lowest BCUT2D eigenvalue weighted by Gasteiger charge is -1.98. The molecule has 0 bridgehead atoms. The molecule has 0 radical (unpaired) electrons. The zero-order chi connectivity index (χ0) is 9.14. The largest absolute Gasteiger partial charge is 0.325 e. The predicted molar refractivity (Wildman–Crippen MR) is 48.7 cm³/mol. The van der Waals surface area contributed by atoms with Crippen LogP contribution in [-0.4, -0.2) is 12.2 Å². The number of hydrogen-bond donors (Lipinski definition) is 1. The zero-order valence-corrected chi connectivity index (χ0v) is 7.70. The number of aryl methyl sites for hydroxylation is 1. The molecule has 0 fully saturated rings. The van der Waals surface area contributed by atoms with Crippen LogP contribution in [0.3, 0.4) is 0 Å². The van der Waals surface area contributed by atoms with Gasteiger partial charge in [-0.25, -0.2) is 0 Å². The normalized spacial score (nSPS) is 9.50. The molecule has 1 heterocycles. The average Bonchev–Trinajstić information content (AvgIpc) is 2.30. The van der Waals surface area contributed by atoms with Crippen LogP contribution in [0.5, 0.6) is 0 Å². The second kappa shape index (κ2) is 3.49. The van der Waals surface area contributed by atoms with E-state index in [0.29, 0.717) is 11.3 Å². The second-order valence-corrected chi connectivity index (χ2v) is 3.50. The summed E-state index contributed by atoms with van der Waals surface area (Å²) >= 11 is 1.45. The van der Waals surface area contributed by atoms with Gasteiger partial charge in [-0.2, -0.15) is 0 Å². The fraction of sp³-hybridized carbons (Fsp3) is 0.250. The van der Waals surface area contributed by atoms with Gasteiger partial charge in [-0.15, -0.1) is 11.3 Å². The van der Waals surface area contributed by atoms with E-state index in [1.165, 1.54) is 18.3 Å². The SMILES string of the molecule is CC(=O)Nc1csc(C)c1C=O. The van der Waals surface area contributed by atoms with E-state index in [1.807, 2.05) is 6.92 Å². The van der Waals surface area contributed by atoms with Gasteiger partial charge in [0.1, 0.15) is 0 Å². The van der Waals surface area contributed by atoms with E-state index < -0.39 is 0 Å². The molecule has 12 heavy (non-hydrogen) atoms. The Balaban J connectivity index is 2.99. The quantitative estimate of drug-likeness (QED) is 0.711. The predicted octanol–water partition coefficient (Wildman–Crippen LogP) is 1.83. The molecule has 0 aromatic carbocycles. The summed E-state index contributed by atoms with van der Waals surface area (Å²) in [7, 11) is 0. The second-order valence-electron chi connectivity index (χ2n) is 2.42. The minimum atomic E-state index is -0.157. The Morgan fingerprint density at radius 3 is 2.83 bits per heavy atom. The van der Waals surface area contributed by atoms with Crippen molar-refractivity contribution in [3.8, 4) is 0 Å². The molecule has 1 rings (SSSR count). The first kappa shape index (κ1) is 8.93. The van der Waals surface area contributed by atoms with E-state index >= 15 is 0 Å². The first-order valence-corrected chi connectivity index (χ1v) is 4.34. The Morgan fingerprint density at radius 2 is 2.33 bits per heavy atom. The monoisotopic (exact) mass is 183 g/mol. The number of hydrogen-bond acceptors (Lipinski definition) is 3. The third kappa shape index (κ3) is 1.71. The summed E-state index contributed by atoms with van der Waals surface area (Å²) in [6, 6.07) is 0. The molecule has 0 aliphatic rings. The van der Waals surface area contributed by atoms with Crippen LogP contribution >= 0.6 is 11.3 Å². The highest BCUT2D eigenvalue weighted by Crippen LogP contribution is 2.24. The van der Waals surface area contributed by atoms with Crippen molar-refractivity contribution >= 4 is 29.2 Å². The smallest absolute Gasteiger partial charge is 0.221 e. The van der Waals surface area contributed by atoms with Gasteiger partial charge in [0, 0.05) is 17.2 Å². The molecule has 1 aromatic rings. The minimum absolute atomic E-state index is 0.157. The summed E-state index contributed by atoms with van der Waals surface area (Å²) in [4.78, 5) is 22.1. The van der Waals surface area contributed by atoms with Gasteiger partial charge in [-0.3, -0.25) is 9.59 Å². The molecule has 0 unspecified atom stereocenters. The maximum Gasteiger partial charge on any atom is 0.221 e. The summed E-state index contributed by atoms with van der Waals surface area (Å²) in [5, 5.41) is 4.35. The highest BCUT2D eigenvalue weighted by Gasteiger charge is 2.07. The Kier molecular flexibility index (Phi) is 2.60. The molecule has 1 amide bonds. The summed E-state index contributed by atoms with van der Waals surface area (Å²) in [5.74, 6) is -0.157. The number of nitrogens with one attached hydrogen (secondary N) is 1. The number of anilines is 1. The third-order valence-electron chi connectivity index (χ3n) is 1.45. The van der Waals surface area contributed by atoms with Gasteiger partial charge in [-0.05, 0) is 6.92 Å². The topological polar surface area (TPSA) is 46.2 Å². The maximum absolute atomic E-state index is 10.7. The van der Waals surface area contributed by atoms with Gasteiger partial charge in [0.25, 0.3) is 0 Å². The van der Waals surface area contributed by atoms with Crippen LogP contribution in [0.15, 0.2) is 5.38 Å². The van der Waals surface area contributed by atoms with Crippen molar-refractivity contribution in [2.24, 2.45) is 0 Å². The van der Waals surface area contributed by atoms with Crippen LogP contribution in [0.2, 0.25) is 0 Å².